The number of rotatable bonds is 3. The molecule has 2 N–H and O–H groups in total. The standard InChI is InChI=1S/C12H15Cl2N/c1-2-8-6-12(8,7-15)9-3-4-10(13)11(14)5-9/h3-5,8H,2,6-7,15H2,1H3. The summed E-state index contributed by atoms with van der Waals surface area (Å²) in [6.45, 7) is 2.91. The SMILES string of the molecule is CCC1CC1(CN)c1ccc(Cl)c(Cl)c1. The highest BCUT2D eigenvalue weighted by Gasteiger charge is 2.52. The molecule has 0 radical (unpaired) electrons. The minimum absolute atomic E-state index is 0.170. The molecule has 2 atom stereocenters. The molecule has 1 aliphatic carbocycles. The zero-order valence-electron chi connectivity index (χ0n) is 8.76. The Morgan fingerprint density at radius 2 is 2.13 bits per heavy atom. The van der Waals surface area contributed by atoms with Crippen molar-refractivity contribution in [3.05, 3.63) is 33.8 Å². The Morgan fingerprint density at radius 3 is 2.60 bits per heavy atom. The molecular formula is C12H15Cl2N. The van der Waals surface area contributed by atoms with Crippen LogP contribution in [0.3, 0.4) is 0 Å². The molecule has 1 aliphatic rings. The second-order valence-corrected chi connectivity index (χ2v) is 5.11. The Morgan fingerprint density at radius 1 is 1.40 bits per heavy atom. The van der Waals surface area contributed by atoms with Gasteiger partial charge in [0.2, 0.25) is 0 Å². The summed E-state index contributed by atoms with van der Waals surface area (Å²) in [4.78, 5) is 0. The van der Waals surface area contributed by atoms with Gasteiger partial charge in [0.25, 0.3) is 0 Å². The summed E-state index contributed by atoms with van der Waals surface area (Å²) >= 11 is 11.9. The van der Waals surface area contributed by atoms with Crippen LogP contribution in [0.5, 0.6) is 0 Å². The molecule has 0 amide bonds. The van der Waals surface area contributed by atoms with Crippen molar-refractivity contribution in [2.45, 2.75) is 25.2 Å². The van der Waals surface area contributed by atoms with Crippen LogP contribution in [0, 0.1) is 5.92 Å². The van der Waals surface area contributed by atoms with Gasteiger partial charge in [0.15, 0.2) is 0 Å². The fourth-order valence-electron chi connectivity index (χ4n) is 2.44. The molecule has 2 unspecified atom stereocenters. The molecule has 0 aliphatic heterocycles. The van der Waals surface area contributed by atoms with Gasteiger partial charge in [0.1, 0.15) is 0 Å². The maximum atomic E-state index is 6.02. The predicted octanol–water partition coefficient (Wildman–Crippen LogP) is 3.62. The van der Waals surface area contributed by atoms with Crippen molar-refractivity contribution in [3.63, 3.8) is 0 Å². The van der Waals surface area contributed by atoms with Crippen LogP contribution in [0.4, 0.5) is 0 Å². The van der Waals surface area contributed by atoms with Gasteiger partial charge in [-0.05, 0) is 30.0 Å². The van der Waals surface area contributed by atoms with Crippen molar-refractivity contribution >= 4 is 23.2 Å². The van der Waals surface area contributed by atoms with E-state index < -0.39 is 0 Å². The van der Waals surface area contributed by atoms with E-state index in [1.165, 1.54) is 18.4 Å². The van der Waals surface area contributed by atoms with Crippen molar-refractivity contribution in [1.29, 1.82) is 0 Å². The van der Waals surface area contributed by atoms with Crippen LogP contribution < -0.4 is 5.73 Å². The van der Waals surface area contributed by atoms with E-state index in [1.54, 1.807) is 0 Å². The topological polar surface area (TPSA) is 26.0 Å². The lowest BCUT2D eigenvalue weighted by atomic mass is 9.92. The number of hydrogen-bond acceptors (Lipinski definition) is 1. The van der Waals surface area contributed by atoms with Crippen LogP contribution >= 0.6 is 23.2 Å². The molecular weight excluding hydrogens is 229 g/mol. The molecule has 3 heteroatoms. The van der Waals surface area contributed by atoms with Crippen LogP contribution in [0.25, 0.3) is 0 Å². The van der Waals surface area contributed by atoms with Gasteiger partial charge in [-0.3, -0.25) is 0 Å². The van der Waals surface area contributed by atoms with Crippen molar-refractivity contribution in [3.8, 4) is 0 Å². The third-order valence-corrected chi connectivity index (χ3v) is 4.32. The highest BCUT2D eigenvalue weighted by Crippen LogP contribution is 2.55. The fraction of sp³-hybridized carbons (Fsp3) is 0.500. The molecule has 1 nitrogen and oxygen atoms in total. The lowest BCUT2D eigenvalue weighted by molar-refractivity contribution is 0.600. The van der Waals surface area contributed by atoms with E-state index >= 15 is 0 Å². The molecule has 0 saturated heterocycles. The van der Waals surface area contributed by atoms with Crippen LogP contribution in [-0.4, -0.2) is 6.54 Å². The highest BCUT2D eigenvalue weighted by molar-refractivity contribution is 6.42. The Hall–Kier alpha value is -0.240. The first-order valence-electron chi connectivity index (χ1n) is 5.29. The minimum atomic E-state index is 0.170. The summed E-state index contributed by atoms with van der Waals surface area (Å²) in [6, 6.07) is 5.88. The third kappa shape index (κ3) is 1.77. The number of hydrogen-bond donors (Lipinski definition) is 1. The molecule has 82 valence electrons. The first-order valence-corrected chi connectivity index (χ1v) is 6.05. The largest absolute Gasteiger partial charge is 0.330 e. The summed E-state index contributed by atoms with van der Waals surface area (Å²) in [7, 11) is 0. The molecule has 1 saturated carbocycles. The smallest absolute Gasteiger partial charge is 0.0595 e. The van der Waals surface area contributed by atoms with Crippen LogP contribution in [0.1, 0.15) is 25.3 Å². The molecule has 0 aromatic heterocycles. The third-order valence-electron chi connectivity index (χ3n) is 3.58. The van der Waals surface area contributed by atoms with Crippen LogP contribution in [0.2, 0.25) is 10.0 Å². The second kappa shape index (κ2) is 3.97. The van der Waals surface area contributed by atoms with Crippen LogP contribution in [0.15, 0.2) is 18.2 Å². The molecule has 1 aromatic rings. The molecule has 2 rings (SSSR count). The number of benzene rings is 1. The zero-order chi connectivity index (χ0) is 11.1. The monoisotopic (exact) mass is 243 g/mol. The molecule has 0 bridgehead atoms. The summed E-state index contributed by atoms with van der Waals surface area (Å²) < 4.78 is 0. The first kappa shape index (κ1) is 11.3. The number of halogens is 2. The molecule has 15 heavy (non-hydrogen) atoms. The van der Waals surface area contributed by atoms with Crippen molar-refractivity contribution in [2.75, 3.05) is 6.54 Å². The van der Waals surface area contributed by atoms with Crippen molar-refractivity contribution < 1.29 is 0 Å². The molecule has 1 fully saturated rings. The van der Waals surface area contributed by atoms with Gasteiger partial charge in [0, 0.05) is 12.0 Å². The van der Waals surface area contributed by atoms with Gasteiger partial charge in [-0.1, -0.05) is 42.6 Å². The quantitative estimate of drug-likeness (QED) is 0.863. The average molecular weight is 244 g/mol. The lowest BCUT2D eigenvalue weighted by Crippen LogP contribution is -2.22. The second-order valence-electron chi connectivity index (χ2n) is 4.30. The molecule has 0 heterocycles. The van der Waals surface area contributed by atoms with Crippen molar-refractivity contribution in [2.24, 2.45) is 11.7 Å². The average Bonchev–Trinajstić information content (AvgIpc) is 2.97. The Kier molecular flexibility index (Phi) is 2.98. The zero-order valence-corrected chi connectivity index (χ0v) is 10.3. The van der Waals surface area contributed by atoms with Crippen LogP contribution in [-0.2, 0) is 5.41 Å². The fourth-order valence-corrected chi connectivity index (χ4v) is 2.74. The molecule has 1 aromatic carbocycles. The van der Waals surface area contributed by atoms with E-state index in [-0.39, 0.29) is 5.41 Å². The van der Waals surface area contributed by atoms with E-state index in [9.17, 15) is 0 Å². The summed E-state index contributed by atoms with van der Waals surface area (Å²) in [5, 5.41) is 1.24. The van der Waals surface area contributed by atoms with E-state index in [1.807, 2.05) is 12.1 Å². The van der Waals surface area contributed by atoms with E-state index in [4.69, 9.17) is 28.9 Å². The normalized spacial score (nSPS) is 29.2. The predicted molar refractivity (Wildman–Crippen MR) is 65.6 cm³/mol. The van der Waals surface area contributed by atoms with E-state index in [0.717, 1.165) is 0 Å². The van der Waals surface area contributed by atoms with Gasteiger partial charge < -0.3 is 5.73 Å². The summed E-state index contributed by atoms with van der Waals surface area (Å²) in [6.07, 6.45) is 2.36. The Balaban J connectivity index is 2.33. The minimum Gasteiger partial charge on any atom is -0.330 e. The van der Waals surface area contributed by atoms with Gasteiger partial charge in [-0.2, -0.15) is 0 Å². The van der Waals surface area contributed by atoms with Crippen molar-refractivity contribution in [1.82, 2.24) is 0 Å². The first-order chi connectivity index (χ1) is 7.14. The van der Waals surface area contributed by atoms with Gasteiger partial charge in [-0.15, -0.1) is 0 Å². The van der Waals surface area contributed by atoms with E-state index in [0.29, 0.717) is 22.5 Å². The Bertz CT molecular complexity index is 378. The van der Waals surface area contributed by atoms with Gasteiger partial charge in [-0.25, -0.2) is 0 Å². The highest BCUT2D eigenvalue weighted by atomic mass is 35.5. The summed E-state index contributed by atoms with van der Waals surface area (Å²) in [5.41, 5.74) is 7.29. The number of nitrogens with two attached hydrogens (primary N) is 1. The Labute approximate surface area is 101 Å². The van der Waals surface area contributed by atoms with E-state index in [2.05, 4.69) is 13.0 Å². The molecule has 0 spiro atoms. The maximum Gasteiger partial charge on any atom is 0.0595 e. The lowest BCUT2D eigenvalue weighted by Gasteiger charge is -2.15. The van der Waals surface area contributed by atoms with Gasteiger partial charge >= 0.3 is 0 Å². The van der Waals surface area contributed by atoms with Gasteiger partial charge in [0.05, 0.1) is 10.0 Å². The maximum absolute atomic E-state index is 6.02. The summed E-state index contributed by atoms with van der Waals surface area (Å²) in [5.74, 6) is 0.708.